The van der Waals surface area contributed by atoms with Gasteiger partial charge < -0.3 is 4.74 Å². The molecule has 2 heterocycles. The molecule has 1 atom stereocenters. The summed E-state index contributed by atoms with van der Waals surface area (Å²) < 4.78 is 11.4. The fraction of sp³-hybridized carbons (Fsp3) is 0.200. The van der Waals surface area contributed by atoms with Crippen molar-refractivity contribution in [3.8, 4) is 11.4 Å². The van der Waals surface area contributed by atoms with Gasteiger partial charge in [-0.25, -0.2) is 9.69 Å². The lowest BCUT2D eigenvalue weighted by Gasteiger charge is -2.14. The third-order valence-electron chi connectivity index (χ3n) is 5.05. The van der Waals surface area contributed by atoms with Crippen LogP contribution in [0.1, 0.15) is 12.1 Å². The van der Waals surface area contributed by atoms with Gasteiger partial charge in [0.1, 0.15) is 5.75 Å². The van der Waals surface area contributed by atoms with Crippen molar-refractivity contribution in [3.63, 3.8) is 0 Å². The number of nitro benzene ring substituents is 1. The van der Waals surface area contributed by atoms with E-state index < -0.39 is 28.4 Å². The first-order chi connectivity index (χ1) is 15.4. The van der Waals surface area contributed by atoms with Crippen LogP contribution in [-0.2, 0) is 16.1 Å². The number of hydrogen-bond acceptors (Lipinski definition) is 8. The van der Waals surface area contributed by atoms with Crippen LogP contribution in [0.15, 0.2) is 57.8 Å². The van der Waals surface area contributed by atoms with Gasteiger partial charge in [-0.05, 0) is 34.2 Å². The maximum atomic E-state index is 12.8. The standard InChI is InChI=1S/C20H17N5O7/c1-31-15-8-6-13(7-9-15)24-17(20(28)32-22-24)11-21-16-10-18(26)23(19(16)27)12-2-4-14(5-3-12)25(29)30/h2-9,16,21H,10-11H2,1H3/p+1. The van der Waals surface area contributed by atoms with E-state index >= 15 is 0 Å². The van der Waals surface area contributed by atoms with Crippen LogP contribution < -0.4 is 25.3 Å². The largest absolute Gasteiger partial charge is 0.497 e. The van der Waals surface area contributed by atoms with Gasteiger partial charge in [-0.2, -0.15) is 0 Å². The molecule has 4 rings (SSSR count). The second kappa shape index (κ2) is 8.43. The summed E-state index contributed by atoms with van der Waals surface area (Å²) in [5, 5.41) is 16.2. The van der Waals surface area contributed by atoms with Gasteiger partial charge >= 0.3 is 11.3 Å². The van der Waals surface area contributed by atoms with Crippen LogP contribution >= 0.6 is 0 Å². The molecule has 1 aliphatic heterocycles. The topological polar surface area (TPSA) is 152 Å². The van der Waals surface area contributed by atoms with Gasteiger partial charge in [0, 0.05) is 24.3 Å². The number of H-pyrrole nitrogens is 1. The lowest BCUT2D eigenvalue weighted by atomic mass is 10.2. The number of hydrogen-bond donors (Lipinski definition) is 2. The Bertz CT molecular complexity index is 1230. The highest BCUT2D eigenvalue weighted by Gasteiger charge is 2.40. The Morgan fingerprint density at radius 1 is 1.19 bits per heavy atom. The number of carbonyl (C=O) groups is 2. The molecule has 0 aliphatic carbocycles. The molecule has 0 radical (unpaired) electrons. The van der Waals surface area contributed by atoms with E-state index in [0.717, 1.165) is 4.90 Å². The van der Waals surface area contributed by atoms with Gasteiger partial charge in [0.15, 0.2) is 0 Å². The molecule has 0 saturated carbocycles. The highest BCUT2D eigenvalue weighted by molar-refractivity contribution is 6.22. The third kappa shape index (κ3) is 3.86. The Hall–Kier alpha value is -4.32. The van der Waals surface area contributed by atoms with Crippen LogP contribution in [0.2, 0.25) is 0 Å². The molecule has 2 aromatic carbocycles. The zero-order chi connectivity index (χ0) is 22.8. The number of rotatable bonds is 7. The second-order valence-electron chi connectivity index (χ2n) is 6.94. The number of non-ortho nitro benzene ring substituents is 1. The number of ether oxygens (including phenoxy) is 1. The molecule has 1 aliphatic rings. The molecule has 2 amide bonds. The summed E-state index contributed by atoms with van der Waals surface area (Å²) in [6.07, 6.45) is -0.117. The molecule has 12 heteroatoms. The number of aromatic amines is 1. The molecule has 0 spiro atoms. The summed E-state index contributed by atoms with van der Waals surface area (Å²) in [7, 11) is 1.54. The van der Waals surface area contributed by atoms with Crippen molar-refractivity contribution >= 4 is 23.2 Å². The molecule has 164 valence electrons. The predicted octanol–water partition coefficient (Wildman–Crippen LogP) is 0.583. The minimum absolute atomic E-state index is 0.0460. The van der Waals surface area contributed by atoms with Crippen molar-refractivity contribution in [1.82, 2.24) is 10.6 Å². The van der Waals surface area contributed by atoms with Crippen molar-refractivity contribution < 1.29 is 28.5 Å². The normalized spacial score (nSPS) is 15.9. The van der Waals surface area contributed by atoms with Gasteiger partial charge in [0.2, 0.25) is 11.6 Å². The van der Waals surface area contributed by atoms with E-state index in [-0.39, 0.29) is 30.0 Å². The summed E-state index contributed by atoms with van der Waals surface area (Å²) in [5.74, 6) is -0.327. The van der Waals surface area contributed by atoms with Crippen LogP contribution in [0.3, 0.4) is 0 Å². The van der Waals surface area contributed by atoms with Gasteiger partial charge in [0.05, 0.1) is 36.7 Å². The molecule has 0 bridgehead atoms. The quantitative estimate of drug-likeness (QED) is 0.234. The average molecular weight is 440 g/mol. The van der Waals surface area contributed by atoms with Crippen molar-refractivity contribution in [2.75, 3.05) is 12.0 Å². The fourth-order valence-electron chi connectivity index (χ4n) is 3.39. The first-order valence-electron chi connectivity index (χ1n) is 9.50. The maximum absolute atomic E-state index is 12.8. The van der Waals surface area contributed by atoms with Crippen LogP contribution in [-0.4, -0.2) is 35.2 Å². The Morgan fingerprint density at radius 3 is 2.50 bits per heavy atom. The number of imide groups is 1. The Kier molecular flexibility index (Phi) is 5.52. The third-order valence-corrected chi connectivity index (χ3v) is 5.05. The predicted molar refractivity (Wildman–Crippen MR) is 108 cm³/mol. The maximum Gasteiger partial charge on any atom is 0.431 e. The summed E-state index contributed by atoms with van der Waals surface area (Å²) in [4.78, 5) is 48.6. The SMILES string of the molecule is COc1ccc(-[n+]2[nH]oc(=O)c2CNC2CC(=O)N(c3ccc([N+](=O)[O-])cc3)C2=O)cc1. The number of aromatic nitrogens is 2. The number of carbonyl (C=O) groups excluding carboxylic acids is 2. The Balaban J connectivity index is 1.49. The molecule has 3 aromatic rings. The van der Waals surface area contributed by atoms with Crippen molar-refractivity contribution in [1.29, 1.82) is 0 Å². The number of nitrogens with one attached hydrogen (secondary N) is 2. The molecular formula is C20H18N5O7+. The zero-order valence-electron chi connectivity index (χ0n) is 16.8. The van der Waals surface area contributed by atoms with Gasteiger partial charge in [-0.3, -0.25) is 29.5 Å². The van der Waals surface area contributed by atoms with Crippen LogP contribution in [0.4, 0.5) is 11.4 Å². The van der Waals surface area contributed by atoms with E-state index in [0.29, 0.717) is 11.4 Å². The molecule has 32 heavy (non-hydrogen) atoms. The van der Waals surface area contributed by atoms with Crippen LogP contribution in [0.5, 0.6) is 5.75 Å². The molecule has 2 N–H and O–H groups in total. The number of methoxy groups -OCH3 is 1. The molecule has 1 aromatic heterocycles. The molecule has 1 fully saturated rings. The van der Waals surface area contributed by atoms with E-state index in [1.807, 2.05) is 0 Å². The van der Waals surface area contributed by atoms with Crippen LogP contribution in [0.25, 0.3) is 5.69 Å². The molecule has 1 unspecified atom stereocenters. The molecular weight excluding hydrogens is 422 g/mol. The zero-order valence-corrected chi connectivity index (χ0v) is 16.8. The monoisotopic (exact) mass is 440 g/mol. The Labute approximate surface area is 180 Å². The smallest absolute Gasteiger partial charge is 0.431 e. The molecule has 1 saturated heterocycles. The van der Waals surface area contributed by atoms with E-state index in [9.17, 15) is 24.5 Å². The number of anilines is 1. The van der Waals surface area contributed by atoms with E-state index in [1.54, 1.807) is 24.3 Å². The van der Waals surface area contributed by atoms with Gasteiger partial charge in [-0.1, -0.05) is 0 Å². The highest BCUT2D eigenvalue weighted by atomic mass is 16.6. The first-order valence-corrected chi connectivity index (χ1v) is 9.50. The second-order valence-corrected chi connectivity index (χ2v) is 6.94. The summed E-state index contributed by atoms with van der Waals surface area (Å²) in [5.41, 5.74) is 0.269. The number of nitrogens with zero attached hydrogens (tertiary/aromatic N) is 3. The van der Waals surface area contributed by atoms with Crippen molar-refractivity contribution in [3.05, 3.63) is 74.8 Å². The highest BCUT2D eigenvalue weighted by Crippen LogP contribution is 2.25. The summed E-state index contributed by atoms with van der Waals surface area (Å²) in [6.45, 7) is -0.0460. The lowest BCUT2D eigenvalue weighted by molar-refractivity contribution is -0.677. The summed E-state index contributed by atoms with van der Waals surface area (Å²) >= 11 is 0. The number of nitro groups is 1. The van der Waals surface area contributed by atoms with Crippen molar-refractivity contribution in [2.24, 2.45) is 0 Å². The summed E-state index contributed by atoms with van der Waals surface area (Å²) in [6, 6.07) is 11.1. The minimum Gasteiger partial charge on any atom is -0.497 e. The van der Waals surface area contributed by atoms with Gasteiger partial charge in [0.25, 0.3) is 11.6 Å². The first kappa shape index (κ1) is 20.9. The lowest BCUT2D eigenvalue weighted by Crippen LogP contribution is -2.44. The van der Waals surface area contributed by atoms with E-state index in [1.165, 1.54) is 36.1 Å². The number of benzene rings is 2. The number of amides is 2. The minimum atomic E-state index is -0.865. The van der Waals surface area contributed by atoms with E-state index in [4.69, 9.17) is 9.26 Å². The van der Waals surface area contributed by atoms with Crippen molar-refractivity contribution in [2.45, 2.75) is 19.0 Å². The van der Waals surface area contributed by atoms with E-state index in [2.05, 4.69) is 10.6 Å². The molecule has 12 nitrogen and oxygen atoms in total. The van der Waals surface area contributed by atoms with Gasteiger partial charge in [-0.15, -0.1) is 0 Å². The van der Waals surface area contributed by atoms with Crippen LogP contribution in [0, 0.1) is 10.1 Å². The Morgan fingerprint density at radius 2 is 1.88 bits per heavy atom. The fourth-order valence-corrected chi connectivity index (χ4v) is 3.39. The average Bonchev–Trinajstić information content (AvgIpc) is 3.30.